The molecule has 3 aromatic carbocycles. The first kappa shape index (κ1) is 16.9. The maximum Gasteiger partial charge on any atom is 0.226 e. The standard InChI is InChI=1S/C22H13ClN4/c23-22-26-20(18-4-2-1-3-5-18)25-21(27-22)19-12-10-17(11-13-19)16-8-6-15(14-24)7-9-16/h1-13H. The number of nitriles is 1. The number of benzene rings is 3. The largest absolute Gasteiger partial charge is 0.226 e. The normalized spacial score (nSPS) is 10.4. The highest BCUT2D eigenvalue weighted by molar-refractivity contribution is 6.28. The van der Waals surface area contributed by atoms with E-state index in [1.165, 1.54) is 0 Å². The molecule has 0 unspecified atom stereocenters. The van der Waals surface area contributed by atoms with Gasteiger partial charge in [0.25, 0.3) is 0 Å². The van der Waals surface area contributed by atoms with E-state index in [1.54, 1.807) is 12.1 Å². The van der Waals surface area contributed by atoms with Crippen molar-refractivity contribution in [3.05, 3.63) is 89.7 Å². The van der Waals surface area contributed by atoms with E-state index in [2.05, 4.69) is 21.0 Å². The second-order valence-electron chi connectivity index (χ2n) is 5.88. The van der Waals surface area contributed by atoms with Crippen LogP contribution in [-0.2, 0) is 0 Å². The van der Waals surface area contributed by atoms with Gasteiger partial charge in [0.05, 0.1) is 11.6 Å². The van der Waals surface area contributed by atoms with Crippen molar-refractivity contribution in [3.8, 4) is 40.0 Å². The van der Waals surface area contributed by atoms with Gasteiger partial charge in [-0.05, 0) is 34.9 Å². The Hall–Kier alpha value is -3.55. The molecule has 5 heteroatoms. The lowest BCUT2D eigenvalue weighted by Crippen LogP contribution is -1.97. The van der Waals surface area contributed by atoms with Crippen LogP contribution in [-0.4, -0.2) is 15.0 Å². The Kier molecular flexibility index (Phi) is 4.61. The lowest BCUT2D eigenvalue weighted by molar-refractivity contribution is 1.07. The fourth-order valence-electron chi connectivity index (χ4n) is 2.74. The maximum absolute atomic E-state index is 8.91. The van der Waals surface area contributed by atoms with E-state index < -0.39 is 0 Å². The van der Waals surface area contributed by atoms with E-state index in [1.807, 2.05) is 66.7 Å². The summed E-state index contributed by atoms with van der Waals surface area (Å²) in [6.45, 7) is 0. The lowest BCUT2D eigenvalue weighted by atomic mass is 10.0. The fraction of sp³-hybridized carbons (Fsp3) is 0. The van der Waals surface area contributed by atoms with Crippen LogP contribution in [0.15, 0.2) is 78.9 Å². The van der Waals surface area contributed by atoms with E-state index in [9.17, 15) is 0 Å². The zero-order valence-corrected chi connectivity index (χ0v) is 14.9. The summed E-state index contributed by atoms with van der Waals surface area (Å²) >= 11 is 6.12. The Morgan fingerprint density at radius 3 is 1.63 bits per heavy atom. The highest BCUT2D eigenvalue weighted by Gasteiger charge is 2.09. The third-order valence-electron chi connectivity index (χ3n) is 4.13. The van der Waals surface area contributed by atoms with Gasteiger partial charge in [-0.2, -0.15) is 15.2 Å². The van der Waals surface area contributed by atoms with Crippen LogP contribution in [0.1, 0.15) is 5.56 Å². The van der Waals surface area contributed by atoms with E-state index in [0.717, 1.165) is 22.3 Å². The Morgan fingerprint density at radius 1 is 0.593 bits per heavy atom. The molecule has 0 atom stereocenters. The Balaban J connectivity index is 1.68. The molecule has 4 rings (SSSR count). The van der Waals surface area contributed by atoms with Crippen molar-refractivity contribution in [1.82, 2.24) is 15.0 Å². The lowest BCUT2D eigenvalue weighted by Gasteiger charge is -2.06. The Bertz CT molecular complexity index is 1120. The predicted molar refractivity (Wildman–Crippen MR) is 106 cm³/mol. The zero-order chi connectivity index (χ0) is 18.6. The topological polar surface area (TPSA) is 62.5 Å². The molecule has 0 amide bonds. The number of aromatic nitrogens is 3. The van der Waals surface area contributed by atoms with E-state index >= 15 is 0 Å². The van der Waals surface area contributed by atoms with E-state index in [4.69, 9.17) is 16.9 Å². The minimum absolute atomic E-state index is 0.162. The minimum atomic E-state index is 0.162. The van der Waals surface area contributed by atoms with Gasteiger partial charge in [0.2, 0.25) is 5.28 Å². The summed E-state index contributed by atoms with van der Waals surface area (Å²) in [7, 11) is 0. The molecule has 0 radical (unpaired) electrons. The molecule has 0 saturated heterocycles. The van der Waals surface area contributed by atoms with Crippen LogP contribution in [0.25, 0.3) is 33.9 Å². The number of nitrogens with zero attached hydrogens (tertiary/aromatic N) is 4. The molecule has 27 heavy (non-hydrogen) atoms. The maximum atomic E-state index is 8.91. The monoisotopic (exact) mass is 368 g/mol. The summed E-state index contributed by atoms with van der Waals surface area (Å²) < 4.78 is 0. The summed E-state index contributed by atoms with van der Waals surface area (Å²) in [5, 5.41) is 9.07. The van der Waals surface area contributed by atoms with Gasteiger partial charge in [-0.25, -0.2) is 4.98 Å². The van der Waals surface area contributed by atoms with Crippen molar-refractivity contribution < 1.29 is 0 Å². The van der Waals surface area contributed by atoms with Crippen LogP contribution in [0.3, 0.4) is 0 Å². The molecule has 0 fully saturated rings. The van der Waals surface area contributed by atoms with Crippen LogP contribution in [0, 0.1) is 11.3 Å². The third kappa shape index (κ3) is 3.69. The van der Waals surface area contributed by atoms with Crippen LogP contribution in [0.2, 0.25) is 5.28 Å². The van der Waals surface area contributed by atoms with Gasteiger partial charge in [-0.3, -0.25) is 0 Å². The minimum Gasteiger partial charge on any atom is -0.208 e. The second kappa shape index (κ2) is 7.36. The fourth-order valence-corrected chi connectivity index (χ4v) is 2.90. The van der Waals surface area contributed by atoms with Gasteiger partial charge < -0.3 is 0 Å². The van der Waals surface area contributed by atoms with E-state index in [0.29, 0.717) is 17.2 Å². The Morgan fingerprint density at radius 2 is 1.07 bits per heavy atom. The van der Waals surface area contributed by atoms with Crippen molar-refractivity contribution in [2.24, 2.45) is 0 Å². The molecule has 0 aliphatic heterocycles. The zero-order valence-electron chi connectivity index (χ0n) is 14.2. The predicted octanol–water partition coefficient (Wildman–Crippen LogP) is 5.40. The average molecular weight is 369 g/mol. The highest BCUT2D eigenvalue weighted by atomic mass is 35.5. The Labute approximate surface area is 161 Å². The number of hydrogen-bond acceptors (Lipinski definition) is 4. The molecule has 0 aliphatic carbocycles. The molecule has 128 valence electrons. The number of rotatable bonds is 3. The van der Waals surface area contributed by atoms with Gasteiger partial charge >= 0.3 is 0 Å². The smallest absolute Gasteiger partial charge is 0.208 e. The summed E-state index contributed by atoms with van der Waals surface area (Å²) in [4.78, 5) is 13.0. The molecule has 4 nitrogen and oxygen atoms in total. The van der Waals surface area contributed by atoms with E-state index in [-0.39, 0.29) is 5.28 Å². The number of halogens is 1. The molecule has 1 aromatic heterocycles. The molecule has 0 bridgehead atoms. The summed E-state index contributed by atoms with van der Waals surface area (Å²) in [5.74, 6) is 1.07. The SMILES string of the molecule is N#Cc1ccc(-c2ccc(-c3nc(Cl)nc(-c4ccccc4)n3)cc2)cc1. The summed E-state index contributed by atoms with van der Waals surface area (Å²) in [6.07, 6.45) is 0. The van der Waals surface area contributed by atoms with Crippen molar-refractivity contribution in [2.75, 3.05) is 0 Å². The molecular formula is C22H13ClN4. The first-order chi connectivity index (χ1) is 13.2. The molecule has 0 spiro atoms. The van der Waals surface area contributed by atoms with Crippen molar-refractivity contribution >= 4 is 11.6 Å². The van der Waals surface area contributed by atoms with Gasteiger partial charge in [0.1, 0.15) is 0 Å². The van der Waals surface area contributed by atoms with Gasteiger partial charge in [-0.1, -0.05) is 66.7 Å². The van der Waals surface area contributed by atoms with Crippen molar-refractivity contribution in [3.63, 3.8) is 0 Å². The third-order valence-corrected chi connectivity index (χ3v) is 4.30. The van der Waals surface area contributed by atoms with Crippen molar-refractivity contribution in [2.45, 2.75) is 0 Å². The quantitative estimate of drug-likeness (QED) is 0.486. The van der Waals surface area contributed by atoms with Crippen LogP contribution < -0.4 is 0 Å². The second-order valence-corrected chi connectivity index (χ2v) is 6.22. The summed E-state index contributed by atoms with van der Waals surface area (Å²) in [5.41, 5.74) is 4.47. The van der Waals surface area contributed by atoms with Crippen LogP contribution in [0.5, 0.6) is 0 Å². The number of hydrogen-bond donors (Lipinski definition) is 0. The van der Waals surface area contributed by atoms with Crippen LogP contribution >= 0.6 is 11.6 Å². The average Bonchev–Trinajstić information content (AvgIpc) is 2.74. The van der Waals surface area contributed by atoms with Gasteiger partial charge in [-0.15, -0.1) is 0 Å². The summed E-state index contributed by atoms with van der Waals surface area (Å²) in [6, 6.07) is 27.2. The first-order valence-corrected chi connectivity index (χ1v) is 8.69. The van der Waals surface area contributed by atoms with Gasteiger partial charge in [0.15, 0.2) is 11.6 Å². The molecule has 0 N–H and O–H groups in total. The molecule has 0 aliphatic rings. The van der Waals surface area contributed by atoms with Gasteiger partial charge in [0, 0.05) is 11.1 Å². The molecule has 1 heterocycles. The van der Waals surface area contributed by atoms with Crippen LogP contribution in [0.4, 0.5) is 0 Å². The molecule has 4 aromatic rings. The first-order valence-electron chi connectivity index (χ1n) is 8.31. The highest BCUT2D eigenvalue weighted by Crippen LogP contribution is 2.25. The molecular weight excluding hydrogens is 356 g/mol. The van der Waals surface area contributed by atoms with Crippen molar-refractivity contribution in [1.29, 1.82) is 5.26 Å². The molecule has 0 saturated carbocycles.